The topological polar surface area (TPSA) is 12.0 Å². The molecule has 0 saturated heterocycles. The average Bonchev–Trinajstić information content (AvgIpc) is 2.68. The zero-order valence-electron chi connectivity index (χ0n) is 6.95. The second-order valence-corrected chi connectivity index (χ2v) is 3.30. The number of halogens is 3. The molecule has 1 rings (SSSR count). The van der Waals surface area contributed by atoms with Gasteiger partial charge >= 0.3 is 6.18 Å². The van der Waals surface area contributed by atoms with Crippen molar-refractivity contribution in [1.82, 2.24) is 5.32 Å². The van der Waals surface area contributed by atoms with E-state index in [1.165, 1.54) is 12.8 Å². The molecule has 0 aliphatic heterocycles. The van der Waals surface area contributed by atoms with E-state index >= 15 is 0 Å². The first-order valence-corrected chi connectivity index (χ1v) is 4.38. The zero-order chi connectivity index (χ0) is 9.03. The number of nitrogens with one attached hydrogen (secondary N) is 1. The summed E-state index contributed by atoms with van der Waals surface area (Å²) in [4.78, 5) is 0. The molecule has 1 aliphatic rings. The van der Waals surface area contributed by atoms with Gasteiger partial charge in [-0.3, -0.25) is 0 Å². The second-order valence-electron chi connectivity index (χ2n) is 3.30. The van der Waals surface area contributed by atoms with E-state index in [-0.39, 0.29) is 6.42 Å². The van der Waals surface area contributed by atoms with E-state index in [0.717, 1.165) is 6.54 Å². The fourth-order valence-corrected chi connectivity index (χ4v) is 1.04. The molecule has 0 aromatic rings. The Morgan fingerprint density at radius 2 is 1.83 bits per heavy atom. The van der Waals surface area contributed by atoms with E-state index in [1.807, 2.05) is 0 Å². The molecule has 1 saturated carbocycles. The van der Waals surface area contributed by atoms with Crippen molar-refractivity contribution in [2.45, 2.75) is 44.3 Å². The van der Waals surface area contributed by atoms with Crippen LogP contribution in [-0.4, -0.2) is 18.8 Å². The largest absolute Gasteiger partial charge is 0.389 e. The SMILES string of the molecule is FC(F)(F)CCCCNC1CC1. The predicted octanol–water partition coefficient (Wildman–Crippen LogP) is 2.47. The van der Waals surface area contributed by atoms with Gasteiger partial charge in [0.1, 0.15) is 0 Å². The third kappa shape index (κ3) is 5.41. The number of rotatable bonds is 5. The van der Waals surface area contributed by atoms with Crippen LogP contribution < -0.4 is 5.32 Å². The molecule has 0 aromatic heterocycles. The highest BCUT2D eigenvalue weighted by molar-refractivity contribution is 4.80. The van der Waals surface area contributed by atoms with Gasteiger partial charge in [0.25, 0.3) is 0 Å². The lowest BCUT2D eigenvalue weighted by molar-refractivity contribution is -0.135. The minimum atomic E-state index is -3.97. The minimum Gasteiger partial charge on any atom is -0.314 e. The molecule has 72 valence electrons. The van der Waals surface area contributed by atoms with Crippen LogP contribution in [0.1, 0.15) is 32.1 Å². The van der Waals surface area contributed by atoms with Gasteiger partial charge in [0.2, 0.25) is 0 Å². The second kappa shape index (κ2) is 4.12. The maximum Gasteiger partial charge on any atom is 0.389 e. The highest BCUT2D eigenvalue weighted by Crippen LogP contribution is 2.22. The van der Waals surface area contributed by atoms with Crippen molar-refractivity contribution in [2.24, 2.45) is 0 Å². The summed E-state index contributed by atoms with van der Waals surface area (Å²) in [6.07, 6.45) is -1.34. The van der Waals surface area contributed by atoms with Crippen molar-refractivity contribution < 1.29 is 13.2 Å². The lowest BCUT2D eigenvalue weighted by Crippen LogP contribution is -2.18. The fraction of sp³-hybridized carbons (Fsp3) is 1.00. The van der Waals surface area contributed by atoms with Crippen molar-refractivity contribution in [3.8, 4) is 0 Å². The molecule has 0 heterocycles. The smallest absolute Gasteiger partial charge is 0.314 e. The van der Waals surface area contributed by atoms with Gasteiger partial charge in [-0.15, -0.1) is 0 Å². The molecule has 1 aliphatic carbocycles. The average molecular weight is 181 g/mol. The lowest BCUT2D eigenvalue weighted by Gasteiger charge is -2.05. The van der Waals surface area contributed by atoms with E-state index in [2.05, 4.69) is 5.32 Å². The number of hydrogen-bond acceptors (Lipinski definition) is 1. The molecule has 0 radical (unpaired) electrons. The Bertz CT molecular complexity index is 129. The summed E-state index contributed by atoms with van der Waals surface area (Å²) in [5.41, 5.74) is 0. The summed E-state index contributed by atoms with van der Waals surface area (Å²) in [6.45, 7) is 0.737. The fourth-order valence-electron chi connectivity index (χ4n) is 1.04. The van der Waals surface area contributed by atoms with Crippen LogP contribution in [0.25, 0.3) is 0 Å². The molecule has 0 unspecified atom stereocenters. The minimum absolute atomic E-state index is 0.253. The van der Waals surface area contributed by atoms with E-state index < -0.39 is 12.6 Å². The molecule has 12 heavy (non-hydrogen) atoms. The Labute approximate surface area is 70.3 Å². The maximum absolute atomic E-state index is 11.6. The molecule has 1 N–H and O–H groups in total. The summed E-state index contributed by atoms with van der Waals surface area (Å²) in [5, 5.41) is 3.18. The van der Waals surface area contributed by atoms with Gasteiger partial charge in [-0.1, -0.05) is 0 Å². The Hall–Kier alpha value is -0.250. The normalized spacial score (nSPS) is 18.2. The van der Waals surface area contributed by atoms with Crippen molar-refractivity contribution in [3.05, 3.63) is 0 Å². The summed E-state index contributed by atoms with van der Waals surface area (Å²) >= 11 is 0. The summed E-state index contributed by atoms with van der Waals surface area (Å²) in [5.74, 6) is 0. The number of unbranched alkanes of at least 4 members (excludes halogenated alkanes) is 1. The molecule has 1 fully saturated rings. The predicted molar refractivity (Wildman–Crippen MR) is 40.9 cm³/mol. The Kier molecular flexibility index (Phi) is 3.38. The number of alkyl halides is 3. The first-order valence-electron chi connectivity index (χ1n) is 4.38. The van der Waals surface area contributed by atoms with Crippen molar-refractivity contribution in [1.29, 1.82) is 0 Å². The van der Waals surface area contributed by atoms with Crippen LogP contribution in [0, 0.1) is 0 Å². The van der Waals surface area contributed by atoms with Gasteiger partial charge < -0.3 is 5.32 Å². The van der Waals surface area contributed by atoms with Crippen LogP contribution in [-0.2, 0) is 0 Å². The van der Waals surface area contributed by atoms with Gasteiger partial charge in [0, 0.05) is 12.5 Å². The van der Waals surface area contributed by atoms with E-state index in [9.17, 15) is 13.2 Å². The van der Waals surface area contributed by atoms with E-state index in [1.54, 1.807) is 0 Å². The first kappa shape index (κ1) is 9.84. The monoisotopic (exact) mass is 181 g/mol. The quantitative estimate of drug-likeness (QED) is 0.642. The molecule has 0 atom stereocenters. The molecular weight excluding hydrogens is 167 g/mol. The van der Waals surface area contributed by atoms with Crippen LogP contribution in [0.2, 0.25) is 0 Å². The van der Waals surface area contributed by atoms with Crippen LogP contribution in [0.4, 0.5) is 13.2 Å². The standard InChI is InChI=1S/C8H14F3N/c9-8(10,11)5-1-2-6-12-7-3-4-7/h7,12H,1-6H2. The van der Waals surface area contributed by atoms with Gasteiger partial charge in [0.15, 0.2) is 0 Å². The van der Waals surface area contributed by atoms with Crippen molar-refractivity contribution in [2.75, 3.05) is 6.54 Å². The van der Waals surface area contributed by atoms with Crippen molar-refractivity contribution in [3.63, 3.8) is 0 Å². The molecule has 1 nitrogen and oxygen atoms in total. The molecule has 0 aromatic carbocycles. The highest BCUT2D eigenvalue weighted by atomic mass is 19.4. The zero-order valence-corrected chi connectivity index (χ0v) is 6.95. The Balaban J connectivity index is 1.82. The molecule has 0 bridgehead atoms. The van der Waals surface area contributed by atoms with E-state index in [0.29, 0.717) is 12.5 Å². The van der Waals surface area contributed by atoms with Gasteiger partial charge in [0.05, 0.1) is 0 Å². The van der Waals surface area contributed by atoms with Crippen LogP contribution in [0.5, 0.6) is 0 Å². The third-order valence-electron chi connectivity index (χ3n) is 1.90. The molecular formula is C8H14F3N. The first-order chi connectivity index (χ1) is 5.58. The van der Waals surface area contributed by atoms with Gasteiger partial charge in [-0.25, -0.2) is 0 Å². The number of hydrogen-bond donors (Lipinski definition) is 1. The van der Waals surface area contributed by atoms with Crippen LogP contribution in [0.3, 0.4) is 0 Å². The van der Waals surface area contributed by atoms with Crippen LogP contribution >= 0.6 is 0 Å². The Morgan fingerprint density at radius 3 is 2.33 bits per heavy atom. The van der Waals surface area contributed by atoms with Crippen molar-refractivity contribution >= 4 is 0 Å². The molecule has 0 amide bonds. The Morgan fingerprint density at radius 1 is 1.17 bits per heavy atom. The van der Waals surface area contributed by atoms with Gasteiger partial charge in [-0.05, 0) is 32.2 Å². The van der Waals surface area contributed by atoms with E-state index in [4.69, 9.17) is 0 Å². The third-order valence-corrected chi connectivity index (χ3v) is 1.90. The summed E-state index contributed by atoms with van der Waals surface area (Å²) in [6, 6.07) is 0.607. The lowest BCUT2D eigenvalue weighted by atomic mass is 10.2. The van der Waals surface area contributed by atoms with Gasteiger partial charge in [-0.2, -0.15) is 13.2 Å². The summed E-state index contributed by atoms with van der Waals surface area (Å²) < 4.78 is 34.9. The highest BCUT2D eigenvalue weighted by Gasteiger charge is 2.26. The summed E-state index contributed by atoms with van der Waals surface area (Å²) in [7, 11) is 0. The maximum atomic E-state index is 11.6. The van der Waals surface area contributed by atoms with Crippen LogP contribution in [0.15, 0.2) is 0 Å². The molecule has 4 heteroatoms. The molecule has 0 spiro atoms.